The third-order valence-corrected chi connectivity index (χ3v) is 6.10. The molecule has 4 aromatic rings. The minimum Gasteiger partial charge on any atom is -0.497 e. The van der Waals surface area contributed by atoms with Crippen molar-refractivity contribution in [2.24, 2.45) is 0 Å². The van der Waals surface area contributed by atoms with E-state index in [9.17, 15) is 31.1 Å². The van der Waals surface area contributed by atoms with Gasteiger partial charge in [-0.15, -0.1) is 11.8 Å². The number of aromatic nitrogens is 2. The number of rotatable bonds is 5. The number of hydrogen-bond acceptors (Lipinski definition) is 5. The Labute approximate surface area is 193 Å². The summed E-state index contributed by atoms with van der Waals surface area (Å²) in [5.74, 6) is -1.85. The Morgan fingerprint density at radius 3 is 2.29 bits per heavy atom. The molecule has 0 amide bonds. The number of benzene rings is 2. The van der Waals surface area contributed by atoms with Crippen molar-refractivity contribution >= 4 is 39.4 Å². The molecular formula is C23H14F6N2O2S. The molecule has 0 fully saturated rings. The lowest BCUT2D eigenvalue weighted by molar-refractivity contribution is -0.136. The molecule has 0 unspecified atom stereocenters. The van der Waals surface area contributed by atoms with Crippen molar-refractivity contribution in [3.63, 3.8) is 0 Å². The first kappa shape index (κ1) is 23.8. The molecule has 176 valence electrons. The maximum absolute atomic E-state index is 14.2. The van der Waals surface area contributed by atoms with Crippen LogP contribution in [0.25, 0.3) is 21.8 Å². The molecule has 0 atom stereocenters. The molecule has 0 N–H and O–H groups in total. The number of methoxy groups -OCH3 is 1. The number of pyridine rings is 2. The van der Waals surface area contributed by atoms with Crippen LogP contribution in [-0.4, -0.2) is 29.0 Å². The lowest BCUT2D eigenvalue weighted by Gasteiger charge is -2.18. The molecule has 0 aliphatic rings. The van der Waals surface area contributed by atoms with E-state index in [0.29, 0.717) is 16.7 Å². The number of thioether (sulfide) groups is 1. The van der Waals surface area contributed by atoms with E-state index < -0.39 is 34.6 Å². The summed E-state index contributed by atoms with van der Waals surface area (Å²) in [5.41, 5.74) is -2.87. The number of halogens is 6. The number of Topliss-reactive ketones (excluding diaryl/α,β-unsaturated/α-hetero) is 1. The highest BCUT2D eigenvalue weighted by molar-refractivity contribution is 7.98. The molecule has 0 bridgehead atoms. The standard InChI is InChI=1S/C23H14F6N2O2S/c1-33-13-4-6-14(7-5-13)34-11-12-10-31-19-15-3-2-8-30-20(15)17(21(32)23(27,28)29)9-16(19)18(12)22(24,25)26/h2-10H,11H2,1H3. The third-order valence-electron chi connectivity index (χ3n) is 5.04. The fourth-order valence-corrected chi connectivity index (χ4v) is 4.42. The van der Waals surface area contributed by atoms with Gasteiger partial charge in [0.25, 0.3) is 5.78 Å². The second-order valence-electron chi connectivity index (χ2n) is 7.17. The number of fused-ring (bicyclic) bond motifs is 3. The predicted octanol–water partition coefficient (Wildman–Crippen LogP) is 6.85. The number of carbonyl (C=O) groups excluding carboxylic acids is 1. The zero-order valence-corrected chi connectivity index (χ0v) is 18.1. The van der Waals surface area contributed by atoms with Crippen molar-refractivity contribution in [2.45, 2.75) is 23.0 Å². The second kappa shape index (κ2) is 8.79. The fraction of sp³-hybridized carbons (Fsp3) is 0.174. The van der Waals surface area contributed by atoms with E-state index in [1.807, 2.05) is 0 Å². The largest absolute Gasteiger partial charge is 0.497 e. The molecule has 4 nitrogen and oxygen atoms in total. The second-order valence-corrected chi connectivity index (χ2v) is 8.22. The fourth-order valence-electron chi connectivity index (χ4n) is 3.55. The van der Waals surface area contributed by atoms with Gasteiger partial charge in [-0.2, -0.15) is 26.3 Å². The van der Waals surface area contributed by atoms with E-state index >= 15 is 0 Å². The van der Waals surface area contributed by atoms with Gasteiger partial charge in [-0.1, -0.05) is 0 Å². The number of alkyl halides is 6. The summed E-state index contributed by atoms with van der Waals surface area (Å²) >= 11 is 1.10. The maximum Gasteiger partial charge on any atom is 0.454 e. The van der Waals surface area contributed by atoms with Crippen molar-refractivity contribution in [1.82, 2.24) is 9.97 Å². The summed E-state index contributed by atoms with van der Waals surface area (Å²) < 4.78 is 87.3. The first-order valence-corrected chi connectivity index (χ1v) is 10.6. The molecule has 4 rings (SSSR count). The van der Waals surface area contributed by atoms with E-state index in [0.717, 1.165) is 24.2 Å². The van der Waals surface area contributed by atoms with E-state index in [1.165, 1.54) is 19.2 Å². The number of nitrogens with zero attached hydrogens (tertiary/aromatic N) is 2. The minimum atomic E-state index is -5.29. The summed E-state index contributed by atoms with van der Waals surface area (Å²) in [6.45, 7) is 0. The Hall–Kier alpha value is -3.34. The quantitative estimate of drug-likeness (QED) is 0.131. The average Bonchev–Trinajstić information content (AvgIpc) is 2.80. The molecule has 11 heteroatoms. The van der Waals surface area contributed by atoms with Gasteiger partial charge in [-0.05, 0) is 48.0 Å². The Bertz CT molecular complexity index is 1390. The molecule has 0 saturated carbocycles. The number of hydrogen-bond donors (Lipinski definition) is 0. The van der Waals surface area contributed by atoms with Gasteiger partial charge in [-0.3, -0.25) is 14.8 Å². The van der Waals surface area contributed by atoms with Gasteiger partial charge in [0.1, 0.15) is 5.75 Å². The summed E-state index contributed by atoms with van der Waals surface area (Å²) in [6.07, 6.45) is -7.98. The van der Waals surface area contributed by atoms with Gasteiger partial charge in [-0.25, -0.2) is 0 Å². The van der Waals surface area contributed by atoms with Gasteiger partial charge in [0.05, 0.1) is 29.3 Å². The number of carbonyl (C=O) groups is 1. The van der Waals surface area contributed by atoms with Crippen LogP contribution in [0.15, 0.2) is 59.8 Å². The zero-order valence-electron chi connectivity index (χ0n) is 17.3. The van der Waals surface area contributed by atoms with E-state index in [1.54, 1.807) is 24.3 Å². The monoisotopic (exact) mass is 496 g/mol. The first-order valence-electron chi connectivity index (χ1n) is 9.65. The summed E-state index contributed by atoms with van der Waals surface area (Å²) in [6, 6.07) is 9.88. The molecule has 2 heterocycles. The van der Waals surface area contributed by atoms with Gasteiger partial charge in [0.2, 0.25) is 0 Å². The van der Waals surface area contributed by atoms with Crippen LogP contribution in [0.5, 0.6) is 5.75 Å². The predicted molar refractivity (Wildman–Crippen MR) is 115 cm³/mol. The van der Waals surface area contributed by atoms with Crippen LogP contribution >= 0.6 is 11.8 Å². The molecule has 2 aromatic carbocycles. The smallest absolute Gasteiger partial charge is 0.454 e. The van der Waals surface area contributed by atoms with Crippen LogP contribution in [0, 0.1) is 0 Å². The Morgan fingerprint density at radius 1 is 0.971 bits per heavy atom. The minimum absolute atomic E-state index is 0.0764. The van der Waals surface area contributed by atoms with Crippen molar-refractivity contribution in [2.75, 3.05) is 7.11 Å². The first-order chi connectivity index (χ1) is 16.0. The summed E-state index contributed by atoms with van der Waals surface area (Å²) in [5, 5.41) is -0.666. The van der Waals surface area contributed by atoms with Crippen molar-refractivity contribution in [3.8, 4) is 5.75 Å². The van der Waals surface area contributed by atoms with Crippen LogP contribution in [0.3, 0.4) is 0 Å². The topological polar surface area (TPSA) is 52.1 Å². The Kier molecular flexibility index (Phi) is 6.15. The van der Waals surface area contributed by atoms with E-state index in [-0.39, 0.29) is 27.7 Å². The molecule has 0 radical (unpaired) electrons. The SMILES string of the molecule is COc1ccc(SCc2cnc3c(cc(C(=O)C(F)(F)F)c4ncccc43)c2C(F)(F)F)cc1. The van der Waals surface area contributed by atoms with Crippen molar-refractivity contribution in [3.05, 3.63) is 71.5 Å². The lowest BCUT2D eigenvalue weighted by Crippen LogP contribution is -2.23. The van der Waals surface area contributed by atoms with Crippen molar-refractivity contribution < 1.29 is 35.9 Å². The summed E-state index contributed by atoms with van der Waals surface area (Å²) in [7, 11) is 1.48. The van der Waals surface area contributed by atoms with Gasteiger partial charge in [0, 0.05) is 33.8 Å². The van der Waals surface area contributed by atoms with Crippen LogP contribution in [0.2, 0.25) is 0 Å². The number of ether oxygens (including phenoxy) is 1. The highest BCUT2D eigenvalue weighted by atomic mass is 32.2. The lowest BCUT2D eigenvalue weighted by atomic mass is 9.96. The molecule has 0 spiro atoms. The molecule has 0 aliphatic carbocycles. The van der Waals surface area contributed by atoms with Crippen LogP contribution in [-0.2, 0) is 11.9 Å². The number of ketones is 1. The van der Waals surface area contributed by atoms with E-state index in [4.69, 9.17) is 4.74 Å². The molecule has 0 aliphatic heterocycles. The maximum atomic E-state index is 14.2. The molecule has 34 heavy (non-hydrogen) atoms. The highest BCUT2D eigenvalue weighted by Crippen LogP contribution is 2.41. The molecular weight excluding hydrogens is 482 g/mol. The molecule has 2 aromatic heterocycles. The molecule has 0 saturated heterocycles. The van der Waals surface area contributed by atoms with Crippen molar-refractivity contribution in [1.29, 1.82) is 0 Å². The normalized spacial score (nSPS) is 12.3. The Morgan fingerprint density at radius 2 is 1.68 bits per heavy atom. The van der Waals surface area contributed by atoms with Gasteiger partial charge >= 0.3 is 12.4 Å². The van der Waals surface area contributed by atoms with Crippen LogP contribution < -0.4 is 4.74 Å². The average molecular weight is 496 g/mol. The van der Waals surface area contributed by atoms with Gasteiger partial charge < -0.3 is 4.74 Å². The van der Waals surface area contributed by atoms with Gasteiger partial charge in [0.15, 0.2) is 0 Å². The zero-order chi connectivity index (χ0) is 24.7. The summed E-state index contributed by atoms with van der Waals surface area (Å²) in [4.78, 5) is 20.6. The third kappa shape index (κ3) is 4.52. The Balaban J connectivity index is 1.91. The van der Waals surface area contributed by atoms with Crippen LogP contribution in [0.4, 0.5) is 26.3 Å². The van der Waals surface area contributed by atoms with E-state index in [2.05, 4.69) is 9.97 Å². The van der Waals surface area contributed by atoms with Crippen LogP contribution in [0.1, 0.15) is 21.5 Å². The highest BCUT2D eigenvalue weighted by Gasteiger charge is 2.42.